The average Bonchev–Trinajstić information content (AvgIpc) is 2.30. The Labute approximate surface area is 95.4 Å². The summed E-state index contributed by atoms with van der Waals surface area (Å²) in [4.78, 5) is 8.80. The van der Waals surface area contributed by atoms with Crippen molar-refractivity contribution in [1.29, 1.82) is 0 Å². The van der Waals surface area contributed by atoms with Gasteiger partial charge < -0.3 is 0 Å². The number of aromatic nitrogens is 1. The van der Waals surface area contributed by atoms with Crippen LogP contribution in [0.15, 0.2) is 36.0 Å². The van der Waals surface area contributed by atoms with Crippen molar-refractivity contribution >= 4 is 28.9 Å². The van der Waals surface area contributed by atoms with Crippen LogP contribution in [0, 0.1) is 6.92 Å². The maximum Gasteiger partial charge on any atom is 0.0967 e. The van der Waals surface area contributed by atoms with Gasteiger partial charge >= 0.3 is 0 Å². The van der Waals surface area contributed by atoms with E-state index in [1.807, 2.05) is 31.3 Å². The van der Waals surface area contributed by atoms with Crippen LogP contribution >= 0.6 is 0 Å². The number of hydrogen-bond donors (Lipinski definition) is 0. The van der Waals surface area contributed by atoms with Crippen LogP contribution in [-0.4, -0.2) is 11.2 Å². The lowest BCUT2D eigenvalue weighted by Gasteiger charge is -2.06. The van der Waals surface area contributed by atoms with Gasteiger partial charge in [-0.2, -0.15) is 0 Å². The molecule has 0 radical (unpaired) electrons. The monoisotopic (exact) mass is 210 g/mol. The molecule has 16 heavy (non-hydrogen) atoms. The second-order valence-corrected chi connectivity index (χ2v) is 3.62. The van der Waals surface area contributed by atoms with E-state index in [-0.39, 0.29) is 0 Å². The SMILES string of the molecule is C=Cc1ccc2c(C)ccnc2c1/N=C\C. The van der Waals surface area contributed by atoms with E-state index in [2.05, 4.69) is 29.5 Å². The van der Waals surface area contributed by atoms with Crippen LogP contribution in [0.3, 0.4) is 0 Å². The molecule has 2 aromatic rings. The molecule has 0 aliphatic heterocycles. The number of rotatable bonds is 2. The Morgan fingerprint density at radius 1 is 1.31 bits per heavy atom. The van der Waals surface area contributed by atoms with Gasteiger partial charge in [0.2, 0.25) is 0 Å². The van der Waals surface area contributed by atoms with Crippen LogP contribution in [0.4, 0.5) is 5.69 Å². The Morgan fingerprint density at radius 2 is 2.12 bits per heavy atom. The van der Waals surface area contributed by atoms with Gasteiger partial charge in [0, 0.05) is 23.4 Å². The predicted molar refractivity (Wildman–Crippen MR) is 70.4 cm³/mol. The summed E-state index contributed by atoms with van der Waals surface area (Å²) in [5, 5.41) is 1.15. The molecule has 2 nitrogen and oxygen atoms in total. The van der Waals surface area contributed by atoms with Gasteiger partial charge in [0.05, 0.1) is 11.2 Å². The molecule has 0 atom stereocenters. The van der Waals surface area contributed by atoms with Gasteiger partial charge in [-0.3, -0.25) is 9.98 Å². The number of aliphatic imine (C=N–C) groups is 1. The molecule has 0 saturated carbocycles. The minimum atomic E-state index is 0.902. The number of nitrogens with zero attached hydrogens (tertiary/aromatic N) is 2. The third-order valence-corrected chi connectivity index (χ3v) is 2.61. The van der Waals surface area contributed by atoms with Crippen molar-refractivity contribution in [3.05, 3.63) is 42.1 Å². The van der Waals surface area contributed by atoms with E-state index in [4.69, 9.17) is 0 Å². The van der Waals surface area contributed by atoms with E-state index >= 15 is 0 Å². The molecule has 0 fully saturated rings. The van der Waals surface area contributed by atoms with Crippen molar-refractivity contribution in [1.82, 2.24) is 4.98 Å². The molecule has 0 N–H and O–H groups in total. The molecular formula is C14H14N2. The van der Waals surface area contributed by atoms with E-state index < -0.39 is 0 Å². The van der Waals surface area contributed by atoms with E-state index in [1.165, 1.54) is 5.56 Å². The van der Waals surface area contributed by atoms with E-state index in [0.29, 0.717) is 0 Å². The van der Waals surface area contributed by atoms with Crippen LogP contribution in [0.1, 0.15) is 18.1 Å². The normalized spacial score (nSPS) is 11.1. The summed E-state index contributed by atoms with van der Waals surface area (Å²) in [5.41, 5.74) is 4.08. The van der Waals surface area contributed by atoms with Gasteiger partial charge in [-0.05, 0) is 25.5 Å². The number of benzene rings is 1. The summed E-state index contributed by atoms with van der Waals surface area (Å²) in [6.45, 7) is 7.79. The van der Waals surface area contributed by atoms with E-state index in [0.717, 1.165) is 22.2 Å². The van der Waals surface area contributed by atoms with Crippen molar-refractivity contribution in [3.8, 4) is 0 Å². The Hall–Kier alpha value is -1.96. The summed E-state index contributed by atoms with van der Waals surface area (Å²) in [5.74, 6) is 0. The smallest absolute Gasteiger partial charge is 0.0967 e. The molecule has 0 amide bonds. The third kappa shape index (κ3) is 1.63. The molecule has 0 aliphatic carbocycles. The minimum absolute atomic E-state index is 0.902. The van der Waals surface area contributed by atoms with Crippen molar-refractivity contribution in [2.45, 2.75) is 13.8 Å². The molecule has 0 spiro atoms. The van der Waals surface area contributed by atoms with Crippen molar-refractivity contribution in [2.75, 3.05) is 0 Å². The topological polar surface area (TPSA) is 25.2 Å². The predicted octanol–water partition coefficient (Wildman–Crippen LogP) is 3.91. The number of hydrogen-bond acceptors (Lipinski definition) is 2. The molecule has 1 aromatic heterocycles. The molecular weight excluding hydrogens is 196 g/mol. The van der Waals surface area contributed by atoms with E-state index in [9.17, 15) is 0 Å². The maximum absolute atomic E-state index is 4.41. The third-order valence-electron chi connectivity index (χ3n) is 2.61. The maximum atomic E-state index is 4.41. The largest absolute Gasteiger partial charge is 0.259 e. The van der Waals surface area contributed by atoms with Crippen LogP contribution in [0.25, 0.3) is 17.0 Å². The molecule has 1 aromatic carbocycles. The minimum Gasteiger partial charge on any atom is -0.259 e. The lowest BCUT2D eigenvalue weighted by Crippen LogP contribution is -1.85. The highest BCUT2D eigenvalue weighted by Gasteiger charge is 2.06. The molecule has 0 aliphatic rings. The molecule has 2 heteroatoms. The highest BCUT2D eigenvalue weighted by atomic mass is 14.8. The Morgan fingerprint density at radius 3 is 2.81 bits per heavy atom. The number of aryl methyl sites for hydroxylation is 1. The van der Waals surface area contributed by atoms with Crippen molar-refractivity contribution in [3.63, 3.8) is 0 Å². The van der Waals surface area contributed by atoms with Crippen LogP contribution in [-0.2, 0) is 0 Å². The highest BCUT2D eigenvalue weighted by Crippen LogP contribution is 2.30. The average molecular weight is 210 g/mol. The number of fused-ring (bicyclic) bond motifs is 1. The first-order chi connectivity index (χ1) is 7.77. The Kier molecular flexibility index (Phi) is 2.82. The fraction of sp³-hybridized carbons (Fsp3) is 0.143. The molecule has 0 bridgehead atoms. The van der Waals surface area contributed by atoms with Crippen molar-refractivity contribution < 1.29 is 0 Å². The zero-order chi connectivity index (χ0) is 11.5. The summed E-state index contributed by atoms with van der Waals surface area (Å²) < 4.78 is 0. The van der Waals surface area contributed by atoms with Gasteiger partial charge in [0.15, 0.2) is 0 Å². The van der Waals surface area contributed by atoms with Gasteiger partial charge in [0.25, 0.3) is 0 Å². The van der Waals surface area contributed by atoms with Crippen LogP contribution < -0.4 is 0 Å². The highest BCUT2D eigenvalue weighted by molar-refractivity contribution is 5.96. The molecule has 80 valence electrons. The van der Waals surface area contributed by atoms with E-state index in [1.54, 1.807) is 6.21 Å². The summed E-state index contributed by atoms with van der Waals surface area (Å²) in [6, 6.07) is 6.12. The van der Waals surface area contributed by atoms with Gasteiger partial charge in [-0.15, -0.1) is 0 Å². The lowest BCUT2D eigenvalue weighted by atomic mass is 10.1. The van der Waals surface area contributed by atoms with Crippen LogP contribution in [0.5, 0.6) is 0 Å². The summed E-state index contributed by atoms with van der Waals surface area (Å²) >= 11 is 0. The fourth-order valence-electron chi connectivity index (χ4n) is 1.79. The first kappa shape index (κ1) is 10.6. The molecule has 0 unspecified atom stereocenters. The van der Waals surface area contributed by atoms with Gasteiger partial charge in [-0.1, -0.05) is 24.8 Å². The standard InChI is InChI=1S/C14H14N2/c1-4-11-6-7-12-10(3)8-9-16-14(12)13(11)15-5-2/h4-9H,1H2,2-3H3/b15-5-. The fourth-order valence-corrected chi connectivity index (χ4v) is 1.79. The van der Waals surface area contributed by atoms with Gasteiger partial charge in [0.1, 0.15) is 0 Å². The van der Waals surface area contributed by atoms with Crippen molar-refractivity contribution in [2.24, 2.45) is 4.99 Å². The molecule has 2 rings (SSSR count). The quantitative estimate of drug-likeness (QED) is 0.690. The van der Waals surface area contributed by atoms with Crippen LogP contribution in [0.2, 0.25) is 0 Å². The first-order valence-corrected chi connectivity index (χ1v) is 5.27. The number of pyridine rings is 1. The zero-order valence-electron chi connectivity index (χ0n) is 9.57. The lowest BCUT2D eigenvalue weighted by molar-refractivity contribution is 1.35. The zero-order valence-corrected chi connectivity index (χ0v) is 9.57. The molecule has 0 saturated heterocycles. The second kappa shape index (κ2) is 4.27. The Bertz CT molecular complexity index is 568. The summed E-state index contributed by atoms with van der Waals surface area (Å²) in [6.07, 6.45) is 5.41. The summed E-state index contributed by atoms with van der Waals surface area (Å²) in [7, 11) is 0. The first-order valence-electron chi connectivity index (χ1n) is 5.27. The Balaban J connectivity index is 2.89. The molecule has 1 heterocycles. The second-order valence-electron chi connectivity index (χ2n) is 3.62. The van der Waals surface area contributed by atoms with Gasteiger partial charge in [-0.25, -0.2) is 0 Å².